The van der Waals surface area contributed by atoms with Gasteiger partial charge in [-0.05, 0) is 30.2 Å². The molecule has 0 radical (unpaired) electrons. The fraction of sp³-hybridized carbons (Fsp3) is 0.227. The van der Waals surface area contributed by atoms with Crippen molar-refractivity contribution >= 4 is 5.91 Å². The standard InChI is InChI=1S/C22H23N3O4/c1-14(15-6-4-3-5-7-15)25-19(26)12-18(16-8-10-17(29-2)11-9-16)20-21(27)23-13-24-22(20)28/h3-11,13-14,18H,12H2,1-2H3,(H,25,26)(H2,23,24,27,28)/t14-,18?/m0/s1. The van der Waals surface area contributed by atoms with E-state index in [1.807, 2.05) is 37.3 Å². The van der Waals surface area contributed by atoms with E-state index in [1.54, 1.807) is 31.4 Å². The third-order valence-corrected chi connectivity index (χ3v) is 4.80. The quantitative estimate of drug-likeness (QED) is 0.573. The Morgan fingerprint density at radius 1 is 1.14 bits per heavy atom. The second kappa shape index (κ2) is 9.05. The van der Waals surface area contributed by atoms with Crippen LogP contribution < -0.4 is 15.6 Å². The molecule has 2 atom stereocenters. The Hall–Kier alpha value is -3.61. The normalized spacial score (nSPS) is 12.8. The number of carbonyl (C=O) groups is 1. The van der Waals surface area contributed by atoms with Gasteiger partial charge in [0.15, 0.2) is 0 Å². The van der Waals surface area contributed by atoms with E-state index in [-0.39, 0.29) is 23.9 Å². The van der Waals surface area contributed by atoms with E-state index < -0.39 is 17.4 Å². The summed E-state index contributed by atoms with van der Waals surface area (Å²) >= 11 is 0. The molecule has 1 heterocycles. The van der Waals surface area contributed by atoms with Crippen molar-refractivity contribution in [3.63, 3.8) is 0 Å². The van der Waals surface area contributed by atoms with Crippen LogP contribution in [0.1, 0.15) is 42.0 Å². The molecule has 0 fully saturated rings. The van der Waals surface area contributed by atoms with Gasteiger partial charge in [0.25, 0.3) is 5.56 Å². The SMILES string of the molecule is COc1ccc(C(CC(=O)N[C@@H](C)c2ccccc2)c2c(O)nc[nH]c2=O)cc1. The summed E-state index contributed by atoms with van der Waals surface area (Å²) in [6, 6.07) is 16.4. The lowest BCUT2D eigenvalue weighted by atomic mass is 9.89. The molecule has 1 amide bonds. The highest BCUT2D eigenvalue weighted by Gasteiger charge is 2.25. The predicted molar refractivity (Wildman–Crippen MR) is 109 cm³/mol. The number of hydrogen-bond acceptors (Lipinski definition) is 5. The summed E-state index contributed by atoms with van der Waals surface area (Å²) in [5, 5.41) is 13.2. The summed E-state index contributed by atoms with van der Waals surface area (Å²) in [6.07, 6.45) is 1.11. The van der Waals surface area contributed by atoms with Gasteiger partial charge in [0.1, 0.15) is 5.75 Å². The van der Waals surface area contributed by atoms with Gasteiger partial charge in [-0.15, -0.1) is 0 Å². The Morgan fingerprint density at radius 2 is 1.83 bits per heavy atom. The van der Waals surface area contributed by atoms with Crippen LogP contribution in [-0.4, -0.2) is 28.1 Å². The average Bonchev–Trinajstić information content (AvgIpc) is 2.73. The van der Waals surface area contributed by atoms with E-state index in [0.717, 1.165) is 11.9 Å². The molecule has 3 N–H and O–H groups in total. The minimum Gasteiger partial charge on any atom is -0.497 e. The summed E-state index contributed by atoms with van der Waals surface area (Å²) in [4.78, 5) is 31.4. The summed E-state index contributed by atoms with van der Waals surface area (Å²) in [7, 11) is 1.56. The molecule has 0 saturated carbocycles. The molecule has 0 saturated heterocycles. The molecule has 7 nitrogen and oxygen atoms in total. The zero-order chi connectivity index (χ0) is 20.8. The van der Waals surface area contributed by atoms with Crippen LogP contribution in [0.4, 0.5) is 0 Å². The zero-order valence-corrected chi connectivity index (χ0v) is 16.3. The minimum absolute atomic E-state index is 0.0220. The number of rotatable bonds is 7. The van der Waals surface area contributed by atoms with Gasteiger partial charge in [-0.2, -0.15) is 0 Å². The monoisotopic (exact) mass is 393 g/mol. The minimum atomic E-state index is -0.665. The van der Waals surface area contributed by atoms with Crippen molar-refractivity contribution in [2.24, 2.45) is 0 Å². The number of benzene rings is 2. The fourth-order valence-corrected chi connectivity index (χ4v) is 3.25. The lowest BCUT2D eigenvalue weighted by Crippen LogP contribution is -2.29. The molecule has 0 aliphatic rings. The maximum atomic E-state index is 12.8. The van der Waals surface area contributed by atoms with Crippen LogP contribution in [0, 0.1) is 0 Å². The molecule has 150 valence electrons. The molecular weight excluding hydrogens is 370 g/mol. The number of nitrogens with one attached hydrogen (secondary N) is 2. The molecule has 1 unspecified atom stereocenters. The lowest BCUT2D eigenvalue weighted by molar-refractivity contribution is -0.121. The van der Waals surface area contributed by atoms with Crippen LogP contribution in [0.2, 0.25) is 0 Å². The van der Waals surface area contributed by atoms with E-state index in [0.29, 0.717) is 11.3 Å². The third-order valence-electron chi connectivity index (χ3n) is 4.80. The summed E-state index contributed by atoms with van der Waals surface area (Å²) < 4.78 is 5.18. The Labute approximate surface area is 168 Å². The van der Waals surface area contributed by atoms with E-state index in [1.165, 1.54) is 0 Å². The first-order valence-electron chi connectivity index (χ1n) is 9.24. The molecule has 0 spiro atoms. The van der Waals surface area contributed by atoms with Crippen molar-refractivity contribution < 1.29 is 14.6 Å². The number of hydrogen-bond donors (Lipinski definition) is 3. The highest BCUT2D eigenvalue weighted by atomic mass is 16.5. The summed E-state index contributed by atoms with van der Waals surface area (Å²) in [5.41, 5.74) is 1.24. The maximum absolute atomic E-state index is 12.8. The van der Waals surface area contributed by atoms with E-state index >= 15 is 0 Å². The van der Waals surface area contributed by atoms with E-state index in [2.05, 4.69) is 15.3 Å². The van der Waals surface area contributed by atoms with Crippen LogP contribution in [0.3, 0.4) is 0 Å². The first-order chi connectivity index (χ1) is 14.0. The largest absolute Gasteiger partial charge is 0.497 e. The van der Waals surface area contributed by atoms with Gasteiger partial charge in [-0.25, -0.2) is 4.98 Å². The molecule has 7 heteroatoms. The maximum Gasteiger partial charge on any atom is 0.258 e. The Balaban J connectivity index is 1.88. The van der Waals surface area contributed by atoms with Gasteiger partial charge < -0.3 is 20.1 Å². The number of aromatic hydroxyl groups is 1. The van der Waals surface area contributed by atoms with E-state index in [4.69, 9.17) is 4.74 Å². The van der Waals surface area contributed by atoms with Gasteiger partial charge >= 0.3 is 0 Å². The number of H-pyrrole nitrogens is 1. The van der Waals surface area contributed by atoms with Crippen LogP contribution in [-0.2, 0) is 4.79 Å². The molecule has 3 rings (SSSR count). The van der Waals surface area contributed by atoms with Gasteiger partial charge in [-0.1, -0.05) is 42.5 Å². The van der Waals surface area contributed by atoms with E-state index in [9.17, 15) is 14.7 Å². The van der Waals surface area contributed by atoms with Gasteiger partial charge in [0.2, 0.25) is 11.8 Å². The molecule has 0 bridgehead atoms. The van der Waals surface area contributed by atoms with Gasteiger partial charge in [0.05, 0.1) is 25.0 Å². The third kappa shape index (κ3) is 4.82. The second-order valence-corrected chi connectivity index (χ2v) is 6.70. The van der Waals surface area contributed by atoms with Crippen LogP contribution in [0.5, 0.6) is 11.6 Å². The van der Waals surface area contributed by atoms with Crippen LogP contribution in [0.25, 0.3) is 0 Å². The summed E-state index contributed by atoms with van der Waals surface area (Å²) in [6.45, 7) is 1.89. The Bertz CT molecular complexity index is 1020. The summed E-state index contributed by atoms with van der Waals surface area (Å²) in [5.74, 6) is -0.649. The Kier molecular flexibility index (Phi) is 6.29. The highest BCUT2D eigenvalue weighted by molar-refractivity contribution is 5.78. The molecular formula is C22H23N3O4. The average molecular weight is 393 g/mol. The number of aromatic amines is 1. The first-order valence-corrected chi connectivity index (χ1v) is 9.24. The second-order valence-electron chi connectivity index (χ2n) is 6.70. The fourth-order valence-electron chi connectivity index (χ4n) is 3.25. The lowest BCUT2D eigenvalue weighted by Gasteiger charge is -2.20. The molecule has 1 aromatic heterocycles. The van der Waals surface area contributed by atoms with Crippen LogP contribution >= 0.6 is 0 Å². The molecule has 3 aromatic rings. The number of methoxy groups -OCH3 is 1. The van der Waals surface area contributed by atoms with Crippen molar-refractivity contribution in [2.75, 3.05) is 7.11 Å². The Morgan fingerprint density at radius 3 is 2.45 bits per heavy atom. The van der Waals surface area contributed by atoms with Gasteiger partial charge in [-0.3, -0.25) is 9.59 Å². The predicted octanol–water partition coefficient (Wildman–Crippen LogP) is 2.88. The number of ether oxygens (including phenoxy) is 1. The topological polar surface area (TPSA) is 104 Å². The number of nitrogens with zero attached hydrogens (tertiary/aromatic N) is 1. The molecule has 0 aliphatic heterocycles. The number of aromatic nitrogens is 2. The van der Waals surface area contributed by atoms with Gasteiger partial charge in [0, 0.05) is 12.3 Å². The number of amides is 1. The first kappa shape index (κ1) is 20.1. The van der Waals surface area contributed by atoms with Crippen molar-refractivity contribution in [3.05, 3.63) is 88.0 Å². The number of carbonyl (C=O) groups excluding carboxylic acids is 1. The molecule has 29 heavy (non-hydrogen) atoms. The highest BCUT2D eigenvalue weighted by Crippen LogP contribution is 2.31. The van der Waals surface area contributed by atoms with Crippen molar-refractivity contribution in [1.82, 2.24) is 15.3 Å². The van der Waals surface area contributed by atoms with Crippen molar-refractivity contribution in [3.8, 4) is 11.6 Å². The van der Waals surface area contributed by atoms with Crippen LogP contribution in [0.15, 0.2) is 65.7 Å². The smallest absolute Gasteiger partial charge is 0.258 e. The zero-order valence-electron chi connectivity index (χ0n) is 16.3. The van der Waals surface area contributed by atoms with Crippen molar-refractivity contribution in [1.29, 1.82) is 0 Å². The molecule has 2 aromatic carbocycles. The van der Waals surface area contributed by atoms with Crippen molar-refractivity contribution in [2.45, 2.75) is 25.3 Å². The molecule has 0 aliphatic carbocycles.